The van der Waals surface area contributed by atoms with E-state index in [-0.39, 0.29) is 12.1 Å². The number of aromatic nitrogens is 5. The number of H-pyrrole nitrogens is 1. The molecule has 0 spiro atoms. The van der Waals surface area contributed by atoms with E-state index in [1.54, 1.807) is 7.11 Å². The van der Waals surface area contributed by atoms with Gasteiger partial charge in [-0.15, -0.1) is 0 Å². The van der Waals surface area contributed by atoms with Crippen molar-refractivity contribution in [3.8, 4) is 0 Å². The van der Waals surface area contributed by atoms with Crippen LogP contribution in [-0.2, 0) is 17.7 Å². The standard InChI is InChI=1S/C15H24N6O/c1-4-21-12(5-7-16-21)6-8-20-10-13(22-3)9-14(20)15-17-11(2)18-19-15/h5,7,13-14H,4,6,8-10H2,1-3H3,(H,17,18,19)/t13-,14+/m1/s1. The van der Waals surface area contributed by atoms with E-state index in [2.05, 4.69) is 42.9 Å². The molecule has 0 aliphatic carbocycles. The normalized spacial score (nSPS) is 22.5. The molecule has 0 unspecified atom stereocenters. The summed E-state index contributed by atoms with van der Waals surface area (Å²) in [6, 6.07) is 2.33. The molecule has 2 aromatic rings. The van der Waals surface area contributed by atoms with Crippen molar-refractivity contribution in [2.75, 3.05) is 20.2 Å². The van der Waals surface area contributed by atoms with Crippen LogP contribution in [-0.4, -0.2) is 56.2 Å². The summed E-state index contributed by atoms with van der Waals surface area (Å²) in [7, 11) is 1.78. The van der Waals surface area contributed by atoms with E-state index in [1.165, 1.54) is 5.69 Å². The van der Waals surface area contributed by atoms with Crippen LogP contribution in [0, 0.1) is 6.92 Å². The molecule has 7 heteroatoms. The molecule has 3 heterocycles. The van der Waals surface area contributed by atoms with Crippen molar-refractivity contribution in [2.24, 2.45) is 0 Å². The Balaban J connectivity index is 1.69. The van der Waals surface area contributed by atoms with Crippen LogP contribution < -0.4 is 0 Å². The first-order valence-corrected chi connectivity index (χ1v) is 7.87. The molecule has 7 nitrogen and oxygen atoms in total. The number of aryl methyl sites for hydroxylation is 2. The largest absolute Gasteiger partial charge is 0.380 e. The van der Waals surface area contributed by atoms with Crippen molar-refractivity contribution < 1.29 is 4.74 Å². The number of rotatable bonds is 6. The lowest BCUT2D eigenvalue weighted by atomic mass is 10.2. The van der Waals surface area contributed by atoms with Crippen LogP contribution in [0.2, 0.25) is 0 Å². The van der Waals surface area contributed by atoms with Gasteiger partial charge < -0.3 is 4.74 Å². The smallest absolute Gasteiger partial charge is 0.167 e. The van der Waals surface area contributed by atoms with Gasteiger partial charge in [0.25, 0.3) is 0 Å². The van der Waals surface area contributed by atoms with Crippen LogP contribution in [0.3, 0.4) is 0 Å². The van der Waals surface area contributed by atoms with Gasteiger partial charge >= 0.3 is 0 Å². The Morgan fingerprint density at radius 2 is 2.32 bits per heavy atom. The third-order valence-electron chi connectivity index (χ3n) is 4.37. The second-order valence-electron chi connectivity index (χ2n) is 5.77. The van der Waals surface area contributed by atoms with Gasteiger partial charge in [-0.05, 0) is 26.3 Å². The number of methoxy groups -OCH3 is 1. The fourth-order valence-corrected chi connectivity index (χ4v) is 3.17. The van der Waals surface area contributed by atoms with E-state index in [9.17, 15) is 0 Å². The SMILES string of the molecule is CCn1nccc1CCN1C[C@H](OC)C[C@H]1c1n[nH]c(C)n1. The van der Waals surface area contributed by atoms with E-state index in [0.29, 0.717) is 0 Å². The van der Waals surface area contributed by atoms with E-state index in [1.807, 2.05) is 13.1 Å². The molecule has 1 fully saturated rings. The fourth-order valence-electron chi connectivity index (χ4n) is 3.17. The average Bonchev–Trinajstić information content (AvgIpc) is 3.23. The maximum Gasteiger partial charge on any atom is 0.167 e. The minimum absolute atomic E-state index is 0.230. The maximum atomic E-state index is 5.56. The van der Waals surface area contributed by atoms with E-state index < -0.39 is 0 Å². The molecule has 0 aromatic carbocycles. The minimum Gasteiger partial charge on any atom is -0.380 e. The first kappa shape index (κ1) is 15.2. The number of hydrogen-bond acceptors (Lipinski definition) is 5. The first-order chi connectivity index (χ1) is 10.7. The monoisotopic (exact) mass is 304 g/mol. The van der Waals surface area contributed by atoms with Gasteiger partial charge in [-0.1, -0.05) is 0 Å². The molecular weight excluding hydrogens is 280 g/mol. The summed E-state index contributed by atoms with van der Waals surface area (Å²) in [6.45, 7) is 6.85. The molecular formula is C15H24N6O. The summed E-state index contributed by atoms with van der Waals surface area (Å²) in [4.78, 5) is 6.93. The molecule has 1 N–H and O–H groups in total. The summed E-state index contributed by atoms with van der Waals surface area (Å²) < 4.78 is 7.61. The highest BCUT2D eigenvalue weighted by Gasteiger charge is 2.35. The second kappa shape index (κ2) is 6.58. The van der Waals surface area contributed by atoms with Crippen molar-refractivity contribution in [1.29, 1.82) is 0 Å². The topological polar surface area (TPSA) is 71.9 Å². The average molecular weight is 304 g/mol. The third kappa shape index (κ3) is 3.05. The lowest BCUT2D eigenvalue weighted by molar-refractivity contribution is 0.108. The number of hydrogen-bond donors (Lipinski definition) is 1. The molecule has 0 amide bonds. The summed E-state index contributed by atoms with van der Waals surface area (Å²) in [6.07, 6.45) is 4.04. The van der Waals surface area contributed by atoms with Gasteiger partial charge in [-0.3, -0.25) is 14.7 Å². The minimum atomic E-state index is 0.230. The van der Waals surface area contributed by atoms with Gasteiger partial charge in [0.05, 0.1) is 12.1 Å². The van der Waals surface area contributed by atoms with Gasteiger partial charge in [0.15, 0.2) is 5.82 Å². The molecule has 1 aliphatic rings. The van der Waals surface area contributed by atoms with Crippen molar-refractivity contribution in [2.45, 2.75) is 45.4 Å². The molecule has 0 radical (unpaired) electrons. The number of ether oxygens (including phenoxy) is 1. The Morgan fingerprint density at radius 1 is 1.45 bits per heavy atom. The fraction of sp³-hybridized carbons (Fsp3) is 0.667. The van der Waals surface area contributed by atoms with Crippen molar-refractivity contribution in [3.63, 3.8) is 0 Å². The Labute approximate surface area is 130 Å². The highest BCUT2D eigenvalue weighted by Crippen LogP contribution is 2.31. The predicted octanol–water partition coefficient (Wildman–Crippen LogP) is 1.33. The molecule has 22 heavy (non-hydrogen) atoms. The van der Waals surface area contributed by atoms with Gasteiger partial charge in [-0.25, -0.2) is 4.98 Å². The van der Waals surface area contributed by atoms with E-state index in [4.69, 9.17) is 4.74 Å². The van der Waals surface area contributed by atoms with Crippen molar-refractivity contribution in [1.82, 2.24) is 29.9 Å². The van der Waals surface area contributed by atoms with Crippen LogP contribution in [0.4, 0.5) is 0 Å². The lowest BCUT2D eigenvalue weighted by Gasteiger charge is -2.21. The summed E-state index contributed by atoms with van der Waals surface area (Å²) in [5.74, 6) is 1.74. The number of aromatic amines is 1. The quantitative estimate of drug-likeness (QED) is 0.872. The maximum absolute atomic E-state index is 5.56. The van der Waals surface area contributed by atoms with Gasteiger partial charge in [0, 0.05) is 45.1 Å². The van der Waals surface area contributed by atoms with Crippen molar-refractivity contribution in [3.05, 3.63) is 29.6 Å². The predicted molar refractivity (Wildman–Crippen MR) is 82.5 cm³/mol. The molecule has 3 rings (SSSR count). The molecule has 0 bridgehead atoms. The van der Waals surface area contributed by atoms with Crippen LogP contribution >= 0.6 is 0 Å². The van der Waals surface area contributed by atoms with Crippen LogP contribution in [0.25, 0.3) is 0 Å². The Kier molecular flexibility index (Phi) is 4.54. The van der Waals surface area contributed by atoms with Gasteiger partial charge in [-0.2, -0.15) is 10.2 Å². The number of nitrogens with zero attached hydrogens (tertiary/aromatic N) is 5. The van der Waals surface area contributed by atoms with Crippen LogP contribution in [0.5, 0.6) is 0 Å². The molecule has 120 valence electrons. The molecule has 1 aliphatic heterocycles. The van der Waals surface area contributed by atoms with Gasteiger partial charge in [0.1, 0.15) is 5.82 Å². The Bertz CT molecular complexity index is 607. The Hall–Kier alpha value is -1.73. The van der Waals surface area contributed by atoms with Crippen LogP contribution in [0.1, 0.15) is 36.7 Å². The molecule has 2 aromatic heterocycles. The third-order valence-corrected chi connectivity index (χ3v) is 4.37. The highest BCUT2D eigenvalue weighted by atomic mass is 16.5. The lowest BCUT2D eigenvalue weighted by Crippen LogP contribution is -2.28. The molecule has 1 saturated heterocycles. The van der Waals surface area contributed by atoms with Crippen LogP contribution in [0.15, 0.2) is 12.3 Å². The highest BCUT2D eigenvalue weighted by molar-refractivity contribution is 5.05. The van der Waals surface area contributed by atoms with E-state index in [0.717, 1.165) is 44.1 Å². The molecule has 0 saturated carbocycles. The zero-order chi connectivity index (χ0) is 15.5. The zero-order valence-corrected chi connectivity index (χ0v) is 13.5. The number of nitrogens with one attached hydrogen (secondary N) is 1. The zero-order valence-electron chi connectivity index (χ0n) is 13.5. The summed E-state index contributed by atoms with van der Waals surface area (Å²) >= 11 is 0. The second-order valence-corrected chi connectivity index (χ2v) is 5.77. The number of likely N-dealkylation sites (tertiary alicyclic amines) is 1. The van der Waals surface area contributed by atoms with E-state index >= 15 is 0 Å². The van der Waals surface area contributed by atoms with Gasteiger partial charge in [0.2, 0.25) is 0 Å². The Morgan fingerprint density at radius 3 is 3.00 bits per heavy atom. The summed E-state index contributed by atoms with van der Waals surface area (Å²) in [5, 5.41) is 11.6. The van der Waals surface area contributed by atoms with Crippen molar-refractivity contribution >= 4 is 0 Å². The first-order valence-electron chi connectivity index (χ1n) is 7.87. The summed E-state index contributed by atoms with van der Waals surface area (Å²) in [5.41, 5.74) is 1.27. The molecule has 2 atom stereocenters.